The number of anilines is 1. The minimum Gasteiger partial charge on any atom is -0.378 e. The van der Waals surface area contributed by atoms with Gasteiger partial charge in [0.2, 0.25) is 0 Å². The summed E-state index contributed by atoms with van der Waals surface area (Å²) in [5.74, 6) is 1.22. The maximum atomic E-state index is 14.5. The van der Waals surface area contributed by atoms with E-state index in [1.54, 1.807) is 6.07 Å². The van der Waals surface area contributed by atoms with Crippen LogP contribution in [0.1, 0.15) is 55.7 Å². The summed E-state index contributed by atoms with van der Waals surface area (Å²) in [5.41, 5.74) is 1.56. The zero-order valence-electron chi connectivity index (χ0n) is 18.8. The molecule has 0 spiro atoms. The molecule has 1 aliphatic heterocycles. The third kappa shape index (κ3) is 5.64. The summed E-state index contributed by atoms with van der Waals surface area (Å²) < 4.78 is 44.0. The molecule has 0 unspecified atom stereocenters. The number of rotatable bonds is 6. The van der Waals surface area contributed by atoms with Crippen LogP contribution in [0.5, 0.6) is 0 Å². The molecule has 0 N–H and O–H groups in total. The zero-order valence-corrected chi connectivity index (χ0v) is 19.7. The van der Waals surface area contributed by atoms with E-state index in [1.165, 1.54) is 6.07 Å². The average Bonchev–Trinajstić information content (AvgIpc) is 2.78. The van der Waals surface area contributed by atoms with Gasteiger partial charge in [0.1, 0.15) is 11.6 Å². The molecule has 32 heavy (non-hydrogen) atoms. The van der Waals surface area contributed by atoms with Crippen LogP contribution < -0.4 is 4.90 Å². The maximum Gasteiger partial charge on any atom is 0.175 e. The molecule has 2 heterocycles. The summed E-state index contributed by atoms with van der Waals surface area (Å²) in [6.07, 6.45) is 10.7. The summed E-state index contributed by atoms with van der Waals surface area (Å²) in [7, 11) is -3.39. The Labute approximate surface area is 190 Å². The highest BCUT2D eigenvalue weighted by Crippen LogP contribution is 2.36. The predicted molar refractivity (Wildman–Crippen MR) is 122 cm³/mol. The number of aryl methyl sites for hydroxylation is 1. The van der Waals surface area contributed by atoms with Gasteiger partial charge >= 0.3 is 0 Å². The van der Waals surface area contributed by atoms with Gasteiger partial charge in [-0.2, -0.15) is 0 Å². The Kier molecular flexibility index (Phi) is 7.10. The lowest BCUT2D eigenvalue weighted by atomic mass is 9.82. The number of halogens is 1. The quantitative estimate of drug-likeness (QED) is 0.639. The Morgan fingerprint density at radius 2 is 1.78 bits per heavy atom. The van der Waals surface area contributed by atoms with Crippen LogP contribution in [-0.4, -0.2) is 50.4 Å². The fourth-order valence-corrected chi connectivity index (χ4v) is 5.39. The lowest BCUT2D eigenvalue weighted by Gasteiger charge is -2.34. The number of nitrogens with zero attached hydrogens (tertiary/aromatic N) is 3. The van der Waals surface area contributed by atoms with Crippen molar-refractivity contribution in [2.45, 2.75) is 62.4 Å². The Hall–Kier alpha value is -2.06. The molecular formula is C24H32FN3O3S. The molecule has 1 aromatic carbocycles. The first kappa shape index (κ1) is 23.1. The van der Waals surface area contributed by atoms with Crippen LogP contribution in [0.2, 0.25) is 0 Å². The summed E-state index contributed by atoms with van der Waals surface area (Å²) in [5, 5.41) is 0. The van der Waals surface area contributed by atoms with Crippen molar-refractivity contribution in [3.8, 4) is 0 Å². The molecule has 1 aliphatic carbocycles. The van der Waals surface area contributed by atoms with Crippen LogP contribution in [0.4, 0.5) is 10.2 Å². The van der Waals surface area contributed by atoms with Gasteiger partial charge in [-0.25, -0.2) is 17.8 Å². The van der Waals surface area contributed by atoms with E-state index in [0.29, 0.717) is 11.5 Å². The van der Waals surface area contributed by atoms with E-state index in [-0.39, 0.29) is 16.9 Å². The Balaban J connectivity index is 1.21. The second-order valence-corrected chi connectivity index (χ2v) is 11.2. The van der Waals surface area contributed by atoms with Crippen LogP contribution in [-0.2, 0) is 14.6 Å². The topological polar surface area (TPSA) is 72.4 Å². The molecule has 0 bridgehead atoms. The molecule has 4 rings (SSSR count). The van der Waals surface area contributed by atoms with Crippen molar-refractivity contribution in [1.29, 1.82) is 0 Å². The highest BCUT2D eigenvalue weighted by Gasteiger charge is 2.27. The first-order valence-electron chi connectivity index (χ1n) is 11.4. The molecule has 0 amide bonds. The van der Waals surface area contributed by atoms with E-state index in [0.717, 1.165) is 82.1 Å². The Bertz CT molecular complexity index is 1010. The lowest BCUT2D eigenvalue weighted by molar-refractivity contribution is 0.000419. The SMILES string of the molecule is Cc1cnc(N2CCC(CO[C@H]3CC[C@H](c4ccc(S(C)(=O)=O)cc4F)CC3)CC2)cn1. The smallest absolute Gasteiger partial charge is 0.175 e. The first-order valence-corrected chi connectivity index (χ1v) is 13.3. The van der Waals surface area contributed by atoms with Crippen molar-refractivity contribution in [2.75, 3.05) is 30.9 Å². The van der Waals surface area contributed by atoms with Crippen LogP contribution in [0.25, 0.3) is 0 Å². The van der Waals surface area contributed by atoms with Crippen molar-refractivity contribution in [1.82, 2.24) is 9.97 Å². The van der Waals surface area contributed by atoms with Crippen LogP contribution in [0, 0.1) is 18.7 Å². The normalized spacial score (nSPS) is 22.8. The van der Waals surface area contributed by atoms with E-state index < -0.39 is 15.7 Å². The van der Waals surface area contributed by atoms with Crippen molar-refractivity contribution >= 4 is 15.7 Å². The molecule has 2 aliphatic rings. The van der Waals surface area contributed by atoms with Gasteiger partial charge in [-0.3, -0.25) is 4.98 Å². The molecule has 2 fully saturated rings. The molecule has 1 saturated heterocycles. The zero-order chi connectivity index (χ0) is 22.7. The standard InChI is InChI=1S/C24H32FN3O3S/c1-17-14-27-24(15-26-17)28-11-9-18(10-12-28)16-31-20-5-3-19(4-6-20)22-8-7-21(13-23(22)25)32(2,29)30/h7-8,13-15,18-20H,3-6,9-12,16H2,1-2H3/t19-,20-. The first-order chi connectivity index (χ1) is 15.3. The predicted octanol–water partition coefficient (Wildman–Crippen LogP) is 4.29. The van der Waals surface area contributed by atoms with Gasteiger partial charge in [0.25, 0.3) is 0 Å². The average molecular weight is 462 g/mol. The fraction of sp³-hybridized carbons (Fsp3) is 0.583. The van der Waals surface area contributed by atoms with E-state index in [2.05, 4.69) is 14.9 Å². The number of sulfone groups is 1. The van der Waals surface area contributed by atoms with E-state index in [1.807, 2.05) is 19.3 Å². The van der Waals surface area contributed by atoms with Gasteiger partial charge in [0, 0.05) is 26.0 Å². The monoisotopic (exact) mass is 461 g/mol. The highest BCUT2D eigenvalue weighted by atomic mass is 32.2. The molecule has 1 aromatic heterocycles. The van der Waals surface area contributed by atoms with Gasteiger partial charge in [0.15, 0.2) is 9.84 Å². The van der Waals surface area contributed by atoms with Crippen LogP contribution >= 0.6 is 0 Å². The van der Waals surface area contributed by atoms with Crippen molar-refractivity contribution in [3.05, 3.63) is 47.7 Å². The molecular weight excluding hydrogens is 429 g/mol. The number of ether oxygens (including phenoxy) is 1. The van der Waals surface area contributed by atoms with Crippen molar-refractivity contribution in [2.24, 2.45) is 5.92 Å². The summed E-state index contributed by atoms with van der Waals surface area (Å²) in [4.78, 5) is 11.1. The number of benzene rings is 1. The highest BCUT2D eigenvalue weighted by molar-refractivity contribution is 7.90. The van der Waals surface area contributed by atoms with Crippen LogP contribution in [0.15, 0.2) is 35.5 Å². The summed E-state index contributed by atoms with van der Waals surface area (Å²) in [6.45, 7) is 4.67. The van der Waals surface area contributed by atoms with Gasteiger partial charge in [0.05, 0.1) is 29.1 Å². The molecule has 2 aromatic rings. The third-order valence-electron chi connectivity index (χ3n) is 6.79. The van der Waals surface area contributed by atoms with E-state index in [4.69, 9.17) is 4.74 Å². The summed E-state index contributed by atoms with van der Waals surface area (Å²) >= 11 is 0. The van der Waals surface area contributed by atoms with Gasteiger partial charge in [-0.1, -0.05) is 6.07 Å². The summed E-state index contributed by atoms with van der Waals surface area (Å²) in [6, 6.07) is 4.32. The Morgan fingerprint density at radius 1 is 1.06 bits per heavy atom. The van der Waals surface area contributed by atoms with Crippen molar-refractivity contribution in [3.63, 3.8) is 0 Å². The second-order valence-electron chi connectivity index (χ2n) is 9.21. The molecule has 0 radical (unpaired) electrons. The number of aromatic nitrogens is 2. The maximum absolute atomic E-state index is 14.5. The largest absolute Gasteiger partial charge is 0.378 e. The van der Waals surface area contributed by atoms with Crippen molar-refractivity contribution < 1.29 is 17.5 Å². The minimum absolute atomic E-state index is 0.0382. The van der Waals surface area contributed by atoms with Gasteiger partial charge < -0.3 is 9.64 Å². The molecule has 0 atom stereocenters. The molecule has 6 nitrogen and oxygen atoms in total. The van der Waals surface area contributed by atoms with E-state index in [9.17, 15) is 12.8 Å². The van der Waals surface area contributed by atoms with Gasteiger partial charge in [-0.15, -0.1) is 0 Å². The molecule has 8 heteroatoms. The second kappa shape index (κ2) is 9.83. The van der Waals surface area contributed by atoms with E-state index >= 15 is 0 Å². The number of hydrogen-bond donors (Lipinski definition) is 0. The molecule has 174 valence electrons. The Morgan fingerprint density at radius 3 is 2.38 bits per heavy atom. The minimum atomic E-state index is -3.39. The van der Waals surface area contributed by atoms with Gasteiger partial charge in [-0.05, 0) is 75.0 Å². The lowest BCUT2D eigenvalue weighted by Crippen LogP contribution is -2.36. The van der Waals surface area contributed by atoms with Crippen LogP contribution in [0.3, 0.4) is 0 Å². The third-order valence-corrected chi connectivity index (χ3v) is 7.90. The fourth-order valence-electron chi connectivity index (χ4n) is 4.76. The molecule has 1 saturated carbocycles. The number of hydrogen-bond acceptors (Lipinski definition) is 6. The number of piperidine rings is 1.